The molecule has 2 heterocycles. The lowest BCUT2D eigenvalue weighted by Crippen LogP contribution is -2.40. The minimum Gasteiger partial charge on any atom is -0.406 e. The molecule has 0 radical (unpaired) electrons. The van der Waals surface area contributed by atoms with Gasteiger partial charge in [-0.1, -0.05) is 0 Å². The number of alkyl halides is 3. The Bertz CT molecular complexity index is 1380. The molecule has 2 N–H and O–H groups in total. The Balaban J connectivity index is 1.65. The summed E-state index contributed by atoms with van der Waals surface area (Å²) in [5.41, 5.74) is -0.304. The molecular weight excluding hydrogens is 479 g/mol. The third-order valence-corrected chi connectivity index (χ3v) is 6.91. The van der Waals surface area contributed by atoms with E-state index >= 15 is 0 Å². The van der Waals surface area contributed by atoms with Gasteiger partial charge in [0.2, 0.25) is 15.6 Å². The minimum atomic E-state index is -4.85. The maximum absolute atomic E-state index is 13.0. The summed E-state index contributed by atoms with van der Waals surface area (Å²) in [5, 5.41) is 2.67. The van der Waals surface area contributed by atoms with Crippen LogP contribution in [-0.4, -0.2) is 56.3 Å². The van der Waals surface area contributed by atoms with E-state index in [1.807, 2.05) is 0 Å². The largest absolute Gasteiger partial charge is 0.573 e. The number of hydrogen-bond donors (Lipinski definition) is 2. The zero-order valence-electron chi connectivity index (χ0n) is 17.4. The van der Waals surface area contributed by atoms with E-state index in [4.69, 9.17) is 4.74 Å². The normalized spacial score (nSPS) is 15.3. The molecule has 2 aromatic carbocycles. The van der Waals surface area contributed by atoms with Crippen LogP contribution in [0, 0.1) is 0 Å². The number of aromatic nitrogens is 1. The number of ether oxygens (including phenoxy) is 2. The van der Waals surface area contributed by atoms with Crippen molar-refractivity contribution in [3.05, 3.63) is 64.4 Å². The Morgan fingerprint density at radius 3 is 2.38 bits per heavy atom. The number of fused-ring (bicyclic) bond motifs is 1. The van der Waals surface area contributed by atoms with E-state index in [0.29, 0.717) is 0 Å². The number of nitrogens with zero attached hydrogens (tertiary/aromatic N) is 1. The smallest absolute Gasteiger partial charge is 0.406 e. The Morgan fingerprint density at radius 2 is 1.74 bits per heavy atom. The summed E-state index contributed by atoms with van der Waals surface area (Å²) in [7, 11) is -3.86. The zero-order valence-corrected chi connectivity index (χ0v) is 18.2. The van der Waals surface area contributed by atoms with Crippen molar-refractivity contribution >= 4 is 32.5 Å². The summed E-state index contributed by atoms with van der Waals surface area (Å²) in [4.78, 5) is 27.5. The second-order valence-electron chi connectivity index (χ2n) is 7.30. The lowest BCUT2D eigenvalue weighted by Gasteiger charge is -2.26. The SMILES string of the molecule is O=C(Nc1ccc(OC(F)(F)F)cc1)c1cc(=O)[nH]c2ccc(S(=O)(=O)N3CCOCC3)cc12. The molecule has 1 aliphatic rings. The number of H-pyrrole nitrogens is 1. The lowest BCUT2D eigenvalue weighted by atomic mass is 10.1. The number of nitrogens with one attached hydrogen (secondary N) is 2. The molecule has 0 spiro atoms. The van der Waals surface area contributed by atoms with Gasteiger partial charge in [0, 0.05) is 35.7 Å². The first kappa shape index (κ1) is 23.7. The van der Waals surface area contributed by atoms with Crippen molar-refractivity contribution in [2.75, 3.05) is 31.6 Å². The predicted molar refractivity (Wildman–Crippen MR) is 115 cm³/mol. The van der Waals surface area contributed by atoms with Crippen LogP contribution in [0.5, 0.6) is 5.75 Å². The molecule has 1 fully saturated rings. The summed E-state index contributed by atoms with van der Waals surface area (Å²) in [5.74, 6) is -1.22. The number of rotatable bonds is 5. The molecular formula is C21H18F3N3O6S. The molecule has 0 aliphatic carbocycles. The number of carbonyl (C=O) groups excluding carboxylic acids is 1. The number of morpholine rings is 1. The Morgan fingerprint density at radius 1 is 1.06 bits per heavy atom. The fraction of sp³-hybridized carbons (Fsp3) is 0.238. The molecule has 0 saturated carbocycles. The summed E-state index contributed by atoms with van der Waals surface area (Å²) < 4.78 is 73.2. The fourth-order valence-corrected chi connectivity index (χ4v) is 4.89. The van der Waals surface area contributed by atoms with Crippen LogP contribution in [0.25, 0.3) is 10.9 Å². The first-order valence-electron chi connectivity index (χ1n) is 9.95. The Kier molecular flexibility index (Phi) is 6.34. The van der Waals surface area contributed by atoms with Crippen LogP contribution >= 0.6 is 0 Å². The summed E-state index contributed by atoms with van der Waals surface area (Å²) in [6, 6.07) is 9.48. The first-order valence-corrected chi connectivity index (χ1v) is 11.4. The van der Waals surface area contributed by atoms with Crippen LogP contribution in [0.3, 0.4) is 0 Å². The van der Waals surface area contributed by atoms with Gasteiger partial charge in [0.25, 0.3) is 5.91 Å². The van der Waals surface area contributed by atoms with Crippen LogP contribution in [-0.2, 0) is 14.8 Å². The number of anilines is 1. The van der Waals surface area contributed by atoms with Gasteiger partial charge in [-0.2, -0.15) is 4.31 Å². The highest BCUT2D eigenvalue weighted by Gasteiger charge is 2.31. The van der Waals surface area contributed by atoms with Crippen LogP contribution in [0.4, 0.5) is 18.9 Å². The molecule has 3 aromatic rings. The van der Waals surface area contributed by atoms with Gasteiger partial charge in [0.1, 0.15) is 5.75 Å². The zero-order chi connectivity index (χ0) is 24.5. The van der Waals surface area contributed by atoms with Gasteiger partial charge in [0.05, 0.1) is 23.7 Å². The van der Waals surface area contributed by atoms with E-state index < -0.39 is 33.6 Å². The molecule has 13 heteroatoms. The average molecular weight is 497 g/mol. The minimum absolute atomic E-state index is 0.0587. The second-order valence-corrected chi connectivity index (χ2v) is 9.24. The number of benzene rings is 2. The van der Waals surface area contributed by atoms with Crippen LogP contribution in [0.15, 0.2) is 58.2 Å². The van der Waals surface area contributed by atoms with E-state index in [1.165, 1.54) is 34.6 Å². The molecule has 1 aromatic heterocycles. The molecule has 0 unspecified atom stereocenters. The first-order chi connectivity index (χ1) is 16.0. The number of pyridine rings is 1. The molecule has 1 aliphatic heterocycles. The van der Waals surface area contributed by atoms with Gasteiger partial charge >= 0.3 is 6.36 Å². The number of hydrogen-bond acceptors (Lipinski definition) is 6. The number of amides is 1. The van der Waals surface area contributed by atoms with Crippen LogP contribution in [0.2, 0.25) is 0 Å². The lowest BCUT2D eigenvalue weighted by molar-refractivity contribution is -0.274. The van der Waals surface area contributed by atoms with Crippen LogP contribution < -0.4 is 15.6 Å². The number of sulfonamides is 1. The highest BCUT2D eigenvalue weighted by Crippen LogP contribution is 2.26. The topological polar surface area (TPSA) is 118 Å². The van der Waals surface area contributed by atoms with E-state index in [0.717, 1.165) is 18.2 Å². The van der Waals surface area contributed by atoms with Gasteiger partial charge < -0.3 is 19.8 Å². The Hall–Kier alpha value is -3.42. The van der Waals surface area contributed by atoms with Crippen molar-refractivity contribution in [2.45, 2.75) is 11.3 Å². The van der Waals surface area contributed by atoms with E-state index in [2.05, 4.69) is 15.0 Å². The van der Waals surface area contributed by atoms with Gasteiger partial charge in [-0.05, 0) is 42.5 Å². The molecule has 1 saturated heterocycles. The number of carbonyl (C=O) groups is 1. The summed E-state index contributed by atoms with van der Waals surface area (Å²) in [6.07, 6.45) is -4.85. The van der Waals surface area contributed by atoms with Gasteiger partial charge in [-0.25, -0.2) is 8.42 Å². The van der Waals surface area contributed by atoms with Crippen molar-refractivity contribution < 1.29 is 35.9 Å². The predicted octanol–water partition coefficient (Wildman–Crippen LogP) is 2.70. The fourth-order valence-electron chi connectivity index (χ4n) is 3.46. The highest BCUT2D eigenvalue weighted by molar-refractivity contribution is 7.89. The standard InChI is InChI=1S/C21H18F3N3O6S/c22-21(23,24)33-14-3-1-13(2-4-14)25-20(29)17-12-19(28)26-18-6-5-15(11-16(17)18)34(30,31)27-7-9-32-10-8-27/h1-6,11-12H,7-10H2,(H,25,29)(H,26,28). The molecule has 180 valence electrons. The molecule has 9 nitrogen and oxygen atoms in total. The monoisotopic (exact) mass is 497 g/mol. The molecule has 0 bridgehead atoms. The van der Waals surface area contributed by atoms with Gasteiger partial charge in [-0.15, -0.1) is 13.2 Å². The maximum atomic E-state index is 13.0. The van der Waals surface area contributed by atoms with Gasteiger partial charge in [-0.3, -0.25) is 9.59 Å². The molecule has 34 heavy (non-hydrogen) atoms. The van der Waals surface area contributed by atoms with Gasteiger partial charge in [0.15, 0.2) is 0 Å². The van der Waals surface area contributed by atoms with Crippen molar-refractivity contribution in [3.63, 3.8) is 0 Å². The Labute approximate surface area is 191 Å². The summed E-state index contributed by atoms with van der Waals surface area (Å²) in [6.45, 7) is 0.905. The van der Waals surface area contributed by atoms with Crippen molar-refractivity contribution in [3.8, 4) is 5.75 Å². The summed E-state index contributed by atoms with van der Waals surface area (Å²) >= 11 is 0. The van der Waals surface area contributed by atoms with Crippen LogP contribution in [0.1, 0.15) is 10.4 Å². The highest BCUT2D eigenvalue weighted by atomic mass is 32.2. The average Bonchev–Trinajstić information content (AvgIpc) is 2.79. The van der Waals surface area contributed by atoms with E-state index in [-0.39, 0.29) is 53.4 Å². The van der Waals surface area contributed by atoms with Crippen molar-refractivity contribution in [2.24, 2.45) is 0 Å². The van der Waals surface area contributed by atoms with Crippen molar-refractivity contribution in [1.29, 1.82) is 0 Å². The maximum Gasteiger partial charge on any atom is 0.573 e. The number of halogens is 3. The second kappa shape index (κ2) is 9.08. The molecule has 4 rings (SSSR count). The van der Waals surface area contributed by atoms with E-state index in [9.17, 15) is 31.2 Å². The molecule has 0 atom stereocenters. The van der Waals surface area contributed by atoms with Crippen molar-refractivity contribution in [1.82, 2.24) is 9.29 Å². The van der Waals surface area contributed by atoms with E-state index in [1.54, 1.807) is 0 Å². The molecule has 1 amide bonds. The quantitative estimate of drug-likeness (QED) is 0.560. The number of aromatic amines is 1. The third kappa shape index (κ3) is 5.21. The third-order valence-electron chi connectivity index (χ3n) is 5.01.